The molecule has 1 aromatic carbocycles. The van der Waals surface area contributed by atoms with Gasteiger partial charge in [-0.15, -0.1) is 0 Å². The van der Waals surface area contributed by atoms with Gasteiger partial charge < -0.3 is 10.8 Å². The van der Waals surface area contributed by atoms with Gasteiger partial charge in [0, 0.05) is 11.6 Å². The molecule has 72 valence electrons. The van der Waals surface area contributed by atoms with E-state index in [0.717, 1.165) is 11.1 Å². The molecule has 0 bridgehead atoms. The van der Waals surface area contributed by atoms with Crippen LogP contribution in [0.4, 0.5) is 0 Å². The molecule has 0 saturated carbocycles. The van der Waals surface area contributed by atoms with E-state index in [9.17, 15) is 5.11 Å². The zero-order valence-corrected chi connectivity index (χ0v) is 8.60. The average Bonchev–Trinajstić information content (AvgIpc) is 2.03. The van der Waals surface area contributed by atoms with Gasteiger partial charge in [-0.1, -0.05) is 17.7 Å². The lowest BCUT2D eigenvalue weighted by atomic mass is 9.92. The second-order valence-electron chi connectivity index (χ2n) is 3.44. The van der Waals surface area contributed by atoms with Gasteiger partial charge in [-0.2, -0.15) is 0 Å². The molecule has 0 fully saturated rings. The van der Waals surface area contributed by atoms with Crippen LogP contribution in [0.3, 0.4) is 0 Å². The summed E-state index contributed by atoms with van der Waals surface area (Å²) in [6, 6.07) is 5.39. The van der Waals surface area contributed by atoms with Gasteiger partial charge in [0.25, 0.3) is 0 Å². The molecule has 0 aliphatic rings. The number of aliphatic hydroxyl groups is 1. The Morgan fingerprint density at radius 2 is 2.15 bits per heavy atom. The van der Waals surface area contributed by atoms with Crippen molar-refractivity contribution in [2.75, 3.05) is 6.54 Å². The molecule has 0 saturated heterocycles. The van der Waals surface area contributed by atoms with E-state index in [1.807, 2.05) is 19.1 Å². The van der Waals surface area contributed by atoms with E-state index in [1.165, 1.54) is 0 Å². The van der Waals surface area contributed by atoms with E-state index in [4.69, 9.17) is 17.3 Å². The van der Waals surface area contributed by atoms with Crippen LogP contribution in [-0.2, 0) is 5.60 Å². The van der Waals surface area contributed by atoms with Crippen molar-refractivity contribution in [1.82, 2.24) is 0 Å². The van der Waals surface area contributed by atoms with Crippen LogP contribution < -0.4 is 5.73 Å². The summed E-state index contributed by atoms with van der Waals surface area (Å²) in [4.78, 5) is 0. The van der Waals surface area contributed by atoms with Gasteiger partial charge >= 0.3 is 0 Å². The number of hydrogen-bond donors (Lipinski definition) is 2. The molecule has 0 aromatic heterocycles. The summed E-state index contributed by atoms with van der Waals surface area (Å²) in [6.45, 7) is 3.81. The van der Waals surface area contributed by atoms with Crippen LogP contribution in [-0.4, -0.2) is 11.7 Å². The summed E-state index contributed by atoms with van der Waals surface area (Å²) < 4.78 is 0. The highest BCUT2D eigenvalue weighted by atomic mass is 35.5. The first-order chi connectivity index (χ1) is 5.97. The molecule has 2 nitrogen and oxygen atoms in total. The zero-order valence-electron chi connectivity index (χ0n) is 7.84. The fourth-order valence-electron chi connectivity index (χ4n) is 1.34. The van der Waals surface area contributed by atoms with Crippen molar-refractivity contribution in [1.29, 1.82) is 0 Å². The minimum atomic E-state index is -0.964. The second kappa shape index (κ2) is 3.66. The highest BCUT2D eigenvalue weighted by Gasteiger charge is 2.22. The largest absolute Gasteiger partial charge is 0.384 e. The van der Waals surface area contributed by atoms with Crippen molar-refractivity contribution in [3.05, 3.63) is 34.3 Å². The van der Waals surface area contributed by atoms with Crippen LogP contribution in [0.2, 0.25) is 5.02 Å². The lowest BCUT2D eigenvalue weighted by Crippen LogP contribution is -2.31. The first kappa shape index (κ1) is 10.5. The van der Waals surface area contributed by atoms with Gasteiger partial charge in [-0.25, -0.2) is 0 Å². The van der Waals surface area contributed by atoms with E-state index >= 15 is 0 Å². The lowest BCUT2D eigenvalue weighted by Gasteiger charge is -2.23. The Bertz CT molecular complexity index is 310. The number of benzene rings is 1. The molecule has 0 amide bonds. The van der Waals surface area contributed by atoms with E-state index < -0.39 is 5.60 Å². The molecule has 0 spiro atoms. The third kappa shape index (κ3) is 2.21. The first-order valence-corrected chi connectivity index (χ1v) is 4.54. The number of nitrogens with two attached hydrogens (primary N) is 1. The van der Waals surface area contributed by atoms with Crippen LogP contribution in [0.25, 0.3) is 0 Å². The zero-order chi connectivity index (χ0) is 10.1. The quantitative estimate of drug-likeness (QED) is 0.763. The Kier molecular flexibility index (Phi) is 2.96. The molecule has 1 unspecified atom stereocenters. The third-order valence-corrected chi connectivity index (χ3v) is 2.40. The van der Waals surface area contributed by atoms with Gasteiger partial charge in [0.05, 0.1) is 5.60 Å². The first-order valence-electron chi connectivity index (χ1n) is 4.16. The summed E-state index contributed by atoms with van der Waals surface area (Å²) in [5.41, 5.74) is 6.29. The van der Waals surface area contributed by atoms with Crippen molar-refractivity contribution in [3.63, 3.8) is 0 Å². The Labute approximate surface area is 83.3 Å². The van der Waals surface area contributed by atoms with Gasteiger partial charge in [0.1, 0.15) is 0 Å². The number of halogens is 1. The van der Waals surface area contributed by atoms with Crippen molar-refractivity contribution >= 4 is 11.6 Å². The molecule has 1 atom stereocenters. The molecule has 3 heteroatoms. The Hall–Kier alpha value is -0.570. The van der Waals surface area contributed by atoms with Crippen molar-refractivity contribution in [2.24, 2.45) is 5.73 Å². The average molecular weight is 200 g/mol. The smallest absolute Gasteiger partial charge is 0.0992 e. The van der Waals surface area contributed by atoms with E-state index in [-0.39, 0.29) is 6.54 Å². The molecular weight excluding hydrogens is 186 g/mol. The van der Waals surface area contributed by atoms with Crippen LogP contribution >= 0.6 is 11.6 Å². The predicted octanol–water partition coefficient (Wildman–Crippen LogP) is 1.81. The maximum Gasteiger partial charge on any atom is 0.0992 e. The highest BCUT2D eigenvalue weighted by Crippen LogP contribution is 2.25. The molecule has 0 radical (unpaired) electrons. The van der Waals surface area contributed by atoms with Crippen LogP contribution in [0.5, 0.6) is 0 Å². The van der Waals surface area contributed by atoms with Crippen LogP contribution in [0.15, 0.2) is 18.2 Å². The summed E-state index contributed by atoms with van der Waals surface area (Å²) in [5.74, 6) is 0. The standard InChI is InChI=1S/C10H14ClNO/c1-7-5-8(11)3-4-9(7)10(2,13)6-12/h3-5,13H,6,12H2,1-2H3. The van der Waals surface area contributed by atoms with Crippen molar-refractivity contribution in [3.8, 4) is 0 Å². The van der Waals surface area contributed by atoms with Gasteiger partial charge in [-0.3, -0.25) is 0 Å². The molecule has 13 heavy (non-hydrogen) atoms. The summed E-state index contributed by atoms with van der Waals surface area (Å²) in [6.07, 6.45) is 0. The summed E-state index contributed by atoms with van der Waals surface area (Å²) in [5, 5.41) is 10.6. The van der Waals surface area contributed by atoms with Gasteiger partial charge in [0.15, 0.2) is 0 Å². The number of rotatable bonds is 2. The predicted molar refractivity (Wildman–Crippen MR) is 54.8 cm³/mol. The fraction of sp³-hybridized carbons (Fsp3) is 0.400. The van der Waals surface area contributed by atoms with Gasteiger partial charge in [-0.05, 0) is 37.1 Å². The molecule has 0 aliphatic carbocycles. The molecule has 1 aromatic rings. The van der Waals surface area contributed by atoms with Crippen molar-refractivity contribution in [2.45, 2.75) is 19.4 Å². The molecular formula is C10H14ClNO. The SMILES string of the molecule is Cc1cc(Cl)ccc1C(C)(O)CN. The minimum Gasteiger partial charge on any atom is -0.384 e. The number of hydrogen-bond acceptors (Lipinski definition) is 2. The minimum absolute atomic E-state index is 0.204. The molecule has 0 heterocycles. The molecule has 0 aliphatic heterocycles. The van der Waals surface area contributed by atoms with E-state index in [1.54, 1.807) is 13.0 Å². The van der Waals surface area contributed by atoms with Gasteiger partial charge in [0.2, 0.25) is 0 Å². The van der Waals surface area contributed by atoms with E-state index in [2.05, 4.69) is 0 Å². The second-order valence-corrected chi connectivity index (χ2v) is 3.87. The maximum absolute atomic E-state index is 9.90. The Balaban J connectivity index is 3.16. The molecule has 1 rings (SSSR count). The Morgan fingerprint density at radius 3 is 2.62 bits per heavy atom. The summed E-state index contributed by atoms with van der Waals surface area (Å²) in [7, 11) is 0. The third-order valence-electron chi connectivity index (χ3n) is 2.17. The highest BCUT2D eigenvalue weighted by molar-refractivity contribution is 6.30. The maximum atomic E-state index is 9.90. The van der Waals surface area contributed by atoms with Crippen molar-refractivity contribution < 1.29 is 5.11 Å². The summed E-state index contributed by atoms with van der Waals surface area (Å²) >= 11 is 5.80. The lowest BCUT2D eigenvalue weighted by molar-refractivity contribution is 0.0662. The monoisotopic (exact) mass is 199 g/mol. The fourth-order valence-corrected chi connectivity index (χ4v) is 1.57. The molecule has 3 N–H and O–H groups in total. The van der Waals surface area contributed by atoms with Crippen LogP contribution in [0.1, 0.15) is 18.1 Å². The topological polar surface area (TPSA) is 46.2 Å². The number of aryl methyl sites for hydroxylation is 1. The Morgan fingerprint density at radius 1 is 1.54 bits per heavy atom. The normalized spacial score (nSPS) is 15.5. The van der Waals surface area contributed by atoms with Crippen LogP contribution in [0, 0.1) is 6.92 Å². The van der Waals surface area contributed by atoms with E-state index in [0.29, 0.717) is 5.02 Å².